The Balaban J connectivity index is 1.35. The second kappa shape index (κ2) is 8.85. The molecular formula is C23H22N2O4S. The van der Waals surface area contributed by atoms with Crippen LogP contribution in [0, 0.1) is 6.92 Å². The average Bonchev–Trinajstić information content (AvgIpc) is 3.28. The summed E-state index contributed by atoms with van der Waals surface area (Å²) in [5, 5.41) is 12.2. The van der Waals surface area contributed by atoms with Crippen molar-refractivity contribution in [3.05, 3.63) is 77.2 Å². The molecular weight excluding hydrogens is 400 g/mol. The number of nitrogens with one attached hydrogen (secondary N) is 1. The van der Waals surface area contributed by atoms with Crippen molar-refractivity contribution < 1.29 is 19.1 Å². The zero-order chi connectivity index (χ0) is 21.1. The molecule has 4 rings (SSSR count). The fourth-order valence-corrected chi connectivity index (χ4v) is 4.28. The highest BCUT2D eigenvalue weighted by Gasteiger charge is 2.31. The van der Waals surface area contributed by atoms with Crippen LogP contribution in [0.25, 0.3) is 11.5 Å². The number of aliphatic hydroxyl groups excluding tert-OH is 1. The number of carbonyl (C=O) groups excluding carboxylic acids is 2. The van der Waals surface area contributed by atoms with Crippen LogP contribution in [0.1, 0.15) is 35.1 Å². The summed E-state index contributed by atoms with van der Waals surface area (Å²) >= 11 is 1.02. The molecule has 1 fully saturated rings. The fraction of sp³-hybridized carbons (Fsp3) is 0.261. The Labute approximate surface area is 178 Å². The van der Waals surface area contributed by atoms with Gasteiger partial charge in [-0.2, -0.15) is 0 Å². The number of aromatic nitrogens is 1. The van der Waals surface area contributed by atoms with Gasteiger partial charge in [-0.15, -0.1) is 0 Å². The van der Waals surface area contributed by atoms with Gasteiger partial charge in [0.15, 0.2) is 0 Å². The van der Waals surface area contributed by atoms with Crippen LogP contribution in [0.2, 0.25) is 0 Å². The van der Waals surface area contributed by atoms with Gasteiger partial charge in [-0.05, 0) is 49.4 Å². The number of thioether (sulfide) groups is 1. The van der Waals surface area contributed by atoms with Crippen LogP contribution in [0.5, 0.6) is 0 Å². The number of nitrogens with zero attached hydrogens (tertiary/aromatic N) is 1. The molecule has 2 unspecified atom stereocenters. The molecule has 1 aromatic heterocycles. The van der Waals surface area contributed by atoms with E-state index in [9.17, 15) is 14.7 Å². The van der Waals surface area contributed by atoms with Crippen molar-refractivity contribution in [2.75, 3.05) is 0 Å². The predicted molar refractivity (Wildman–Crippen MR) is 115 cm³/mol. The molecule has 3 aromatic rings. The second-order valence-electron chi connectivity index (χ2n) is 7.27. The maximum atomic E-state index is 11.7. The molecule has 0 bridgehead atoms. The summed E-state index contributed by atoms with van der Waals surface area (Å²) < 4.78 is 5.78. The Morgan fingerprint density at radius 2 is 1.87 bits per heavy atom. The first kappa shape index (κ1) is 20.4. The monoisotopic (exact) mass is 422 g/mol. The third kappa shape index (κ3) is 4.63. The standard InChI is InChI=1S/C23H22N2O4S/c1-14-18(24-22(29-14)17-5-3-2-4-6-17)11-12-19(26)16-9-7-15(8-10-16)13-20-21(27)25-23(28)30-20/h2-10,19-20,26H,11-13H2,1H3,(H,25,27,28). The molecule has 154 valence electrons. The summed E-state index contributed by atoms with van der Waals surface area (Å²) in [4.78, 5) is 27.6. The molecule has 1 saturated heterocycles. The van der Waals surface area contributed by atoms with Gasteiger partial charge in [0.2, 0.25) is 11.8 Å². The largest absolute Gasteiger partial charge is 0.441 e. The number of amides is 2. The smallest absolute Gasteiger partial charge is 0.286 e. The van der Waals surface area contributed by atoms with Gasteiger partial charge in [-0.25, -0.2) is 4.98 Å². The van der Waals surface area contributed by atoms with E-state index in [-0.39, 0.29) is 16.4 Å². The number of imide groups is 1. The van der Waals surface area contributed by atoms with E-state index in [1.54, 1.807) is 0 Å². The van der Waals surface area contributed by atoms with Crippen LogP contribution >= 0.6 is 11.8 Å². The van der Waals surface area contributed by atoms with Crippen LogP contribution in [0.15, 0.2) is 59.0 Å². The Morgan fingerprint density at radius 3 is 2.53 bits per heavy atom. The number of aryl methyl sites for hydroxylation is 2. The molecule has 1 aliphatic heterocycles. The SMILES string of the molecule is Cc1oc(-c2ccccc2)nc1CCC(O)c1ccc(CC2SC(=O)NC2=O)cc1. The lowest BCUT2D eigenvalue weighted by molar-refractivity contribution is -0.118. The number of aliphatic hydroxyl groups is 1. The van der Waals surface area contributed by atoms with E-state index < -0.39 is 6.10 Å². The minimum Gasteiger partial charge on any atom is -0.441 e. The van der Waals surface area contributed by atoms with Crippen LogP contribution in [-0.2, 0) is 17.6 Å². The molecule has 1 aliphatic rings. The van der Waals surface area contributed by atoms with Gasteiger partial charge in [-0.1, -0.05) is 54.2 Å². The highest BCUT2D eigenvalue weighted by atomic mass is 32.2. The first-order chi connectivity index (χ1) is 14.5. The van der Waals surface area contributed by atoms with E-state index in [2.05, 4.69) is 10.3 Å². The van der Waals surface area contributed by atoms with E-state index in [1.807, 2.05) is 61.5 Å². The maximum absolute atomic E-state index is 11.7. The summed E-state index contributed by atoms with van der Waals surface area (Å²) in [6.45, 7) is 1.89. The summed E-state index contributed by atoms with van der Waals surface area (Å²) in [6.07, 6.45) is 0.989. The van der Waals surface area contributed by atoms with Crippen molar-refractivity contribution >= 4 is 22.9 Å². The van der Waals surface area contributed by atoms with Crippen LogP contribution in [0.3, 0.4) is 0 Å². The summed E-state index contributed by atoms with van der Waals surface area (Å²) in [5.41, 5.74) is 3.54. The number of rotatable bonds is 7. The van der Waals surface area contributed by atoms with Gasteiger partial charge in [0.1, 0.15) is 5.76 Å². The highest BCUT2D eigenvalue weighted by molar-refractivity contribution is 8.15. The first-order valence-electron chi connectivity index (χ1n) is 9.79. The molecule has 30 heavy (non-hydrogen) atoms. The first-order valence-corrected chi connectivity index (χ1v) is 10.7. The Bertz CT molecular complexity index is 1050. The van der Waals surface area contributed by atoms with E-state index >= 15 is 0 Å². The Kier molecular flexibility index (Phi) is 6.01. The lowest BCUT2D eigenvalue weighted by Crippen LogP contribution is -2.25. The van der Waals surface area contributed by atoms with Crippen molar-refractivity contribution in [3.63, 3.8) is 0 Å². The number of oxazole rings is 1. The van der Waals surface area contributed by atoms with Gasteiger partial charge in [0, 0.05) is 5.56 Å². The zero-order valence-electron chi connectivity index (χ0n) is 16.5. The van der Waals surface area contributed by atoms with E-state index in [0.29, 0.717) is 25.2 Å². The fourth-order valence-electron chi connectivity index (χ4n) is 3.42. The molecule has 2 amide bonds. The van der Waals surface area contributed by atoms with E-state index in [0.717, 1.165) is 39.9 Å². The zero-order valence-corrected chi connectivity index (χ0v) is 17.3. The Morgan fingerprint density at radius 1 is 1.13 bits per heavy atom. The summed E-state index contributed by atoms with van der Waals surface area (Å²) in [6, 6.07) is 17.3. The molecule has 6 nitrogen and oxygen atoms in total. The maximum Gasteiger partial charge on any atom is 0.286 e. The van der Waals surface area contributed by atoms with Gasteiger partial charge in [-0.3, -0.25) is 14.9 Å². The van der Waals surface area contributed by atoms with Crippen molar-refractivity contribution in [2.24, 2.45) is 0 Å². The number of benzene rings is 2. The summed E-state index contributed by atoms with van der Waals surface area (Å²) in [5.74, 6) is 1.11. The van der Waals surface area contributed by atoms with Crippen molar-refractivity contribution in [2.45, 2.75) is 37.5 Å². The number of carbonyl (C=O) groups is 2. The molecule has 0 saturated carbocycles. The van der Waals surface area contributed by atoms with Gasteiger partial charge in [0.25, 0.3) is 5.24 Å². The number of hydrogen-bond acceptors (Lipinski definition) is 6. The lowest BCUT2D eigenvalue weighted by Gasteiger charge is -2.12. The highest BCUT2D eigenvalue weighted by Crippen LogP contribution is 2.26. The summed E-state index contributed by atoms with van der Waals surface area (Å²) in [7, 11) is 0. The molecule has 2 aromatic carbocycles. The van der Waals surface area contributed by atoms with Gasteiger partial charge in [0.05, 0.1) is 17.0 Å². The quantitative estimate of drug-likeness (QED) is 0.593. The molecule has 7 heteroatoms. The minimum atomic E-state index is -0.624. The van der Waals surface area contributed by atoms with Crippen LogP contribution in [-0.4, -0.2) is 26.5 Å². The molecule has 0 spiro atoms. The Hall–Kier alpha value is -2.90. The number of hydrogen-bond donors (Lipinski definition) is 2. The van der Waals surface area contributed by atoms with Crippen molar-refractivity contribution in [1.82, 2.24) is 10.3 Å². The van der Waals surface area contributed by atoms with Crippen molar-refractivity contribution in [3.8, 4) is 11.5 Å². The van der Waals surface area contributed by atoms with Gasteiger partial charge < -0.3 is 9.52 Å². The minimum absolute atomic E-state index is 0.244. The van der Waals surface area contributed by atoms with E-state index in [4.69, 9.17) is 4.42 Å². The third-order valence-corrected chi connectivity index (χ3v) is 6.10. The van der Waals surface area contributed by atoms with Crippen LogP contribution < -0.4 is 5.32 Å². The lowest BCUT2D eigenvalue weighted by atomic mass is 10.0. The molecule has 2 N–H and O–H groups in total. The molecule has 2 atom stereocenters. The van der Waals surface area contributed by atoms with Crippen molar-refractivity contribution in [1.29, 1.82) is 0 Å². The topological polar surface area (TPSA) is 92.4 Å². The normalized spacial score (nSPS) is 17.2. The molecule has 0 radical (unpaired) electrons. The van der Waals surface area contributed by atoms with Crippen LogP contribution in [0.4, 0.5) is 4.79 Å². The molecule has 2 heterocycles. The molecule has 0 aliphatic carbocycles. The van der Waals surface area contributed by atoms with E-state index in [1.165, 1.54) is 0 Å². The third-order valence-electron chi connectivity index (χ3n) is 5.12. The average molecular weight is 423 g/mol. The predicted octanol–water partition coefficient (Wildman–Crippen LogP) is 4.21. The second-order valence-corrected chi connectivity index (χ2v) is 8.45. The van der Waals surface area contributed by atoms with Gasteiger partial charge >= 0.3 is 0 Å².